The van der Waals surface area contributed by atoms with Crippen molar-refractivity contribution in [1.29, 1.82) is 0 Å². The van der Waals surface area contributed by atoms with Crippen LogP contribution in [-0.2, 0) is 9.59 Å². The second kappa shape index (κ2) is 8.19. The molecule has 1 aromatic carbocycles. The summed E-state index contributed by atoms with van der Waals surface area (Å²) in [6, 6.07) is 7.64. The molecule has 5 nitrogen and oxygen atoms in total. The highest BCUT2D eigenvalue weighted by Gasteiger charge is 2.35. The molecule has 0 aliphatic carbocycles. The number of benzene rings is 1. The maximum atomic E-state index is 13.0. The normalized spacial score (nSPS) is 24.5. The maximum absolute atomic E-state index is 13.0. The first-order valence-corrected chi connectivity index (χ1v) is 8.44. The van der Waals surface area contributed by atoms with E-state index in [9.17, 15) is 9.59 Å². The average Bonchev–Trinajstić information content (AvgIpc) is 2.57. The highest BCUT2D eigenvalue weighted by Crippen LogP contribution is 2.28. The molecule has 0 bridgehead atoms. The van der Waals surface area contributed by atoms with E-state index in [1.165, 1.54) is 0 Å². The monoisotopic (exact) mass is 371 g/mol. The summed E-state index contributed by atoms with van der Waals surface area (Å²) in [4.78, 5) is 28.5. The third kappa shape index (κ3) is 4.02. The van der Waals surface area contributed by atoms with E-state index in [1.807, 2.05) is 29.2 Å². The van der Waals surface area contributed by atoms with E-state index in [0.717, 1.165) is 18.5 Å². The zero-order valence-corrected chi connectivity index (χ0v) is 15.3. The van der Waals surface area contributed by atoms with Crippen LogP contribution in [0, 0.1) is 5.92 Å². The highest BCUT2D eigenvalue weighted by molar-refractivity contribution is 6.30. The predicted molar refractivity (Wildman–Crippen MR) is 96.4 cm³/mol. The van der Waals surface area contributed by atoms with E-state index in [-0.39, 0.29) is 36.2 Å². The van der Waals surface area contributed by atoms with Crippen LogP contribution in [-0.4, -0.2) is 54.8 Å². The highest BCUT2D eigenvalue weighted by atomic mass is 35.5. The number of nitrogens with zero attached hydrogens (tertiary/aromatic N) is 2. The predicted octanol–water partition coefficient (Wildman–Crippen LogP) is 2.10. The molecule has 132 valence electrons. The topological polar surface area (TPSA) is 52.7 Å². The van der Waals surface area contributed by atoms with Crippen LogP contribution in [0.2, 0.25) is 5.02 Å². The molecule has 0 radical (unpaired) electrons. The van der Waals surface area contributed by atoms with Gasteiger partial charge in [-0.1, -0.05) is 23.7 Å². The van der Waals surface area contributed by atoms with Crippen LogP contribution in [0.25, 0.3) is 0 Å². The number of halogens is 2. The molecule has 2 atom stereocenters. The molecule has 2 unspecified atom stereocenters. The van der Waals surface area contributed by atoms with Crippen molar-refractivity contribution in [2.45, 2.75) is 18.9 Å². The Morgan fingerprint density at radius 2 is 2.12 bits per heavy atom. The summed E-state index contributed by atoms with van der Waals surface area (Å²) in [7, 11) is 1.79. The van der Waals surface area contributed by atoms with Crippen LogP contribution in [0.3, 0.4) is 0 Å². The van der Waals surface area contributed by atoms with Crippen LogP contribution in [0.4, 0.5) is 0 Å². The minimum absolute atomic E-state index is 0. The van der Waals surface area contributed by atoms with Crippen molar-refractivity contribution in [1.82, 2.24) is 15.1 Å². The number of likely N-dealkylation sites (tertiary alicyclic amines) is 1. The molecule has 2 aliphatic heterocycles. The van der Waals surface area contributed by atoms with Crippen molar-refractivity contribution in [3.05, 3.63) is 34.9 Å². The molecule has 3 rings (SSSR count). The average molecular weight is 372 g/mol. The van der Waals surface area contributed by atoms with E-state index in [0.29, 0.717) is 31.1 Å². The minimum Gasteiger partial charge on any atom is -0.346 e. The molecular formula is C17H23Cl2N3O2. The lowest BCUT2D eigenvalue weighted by atomic mass is 9.93. The number of carbonyl (C=O) groups excluding carboxylic acids is 2. The zero-order chi connectivity index (χ0) is 16.4. The van der Waals surface area contributed by atoms with E-state index >= 15 is 0 Å². The first-order valence-electron chi connectivity index (χ1n) is 8.07. The third-order valence-corrected chi connectivity index (χ3v) is 5.00. The van der Waals surface area contributed by atoms with Gasteiger partial charge in [-0.25, -0.2) is 0 Å². The summed E-state index contributed by atoms with van der Waals surface area (Å²) in [6.07, 6.45) is 1.06. The van der Waals surface area contributed by atoms with Gasteiger partial charge in [0.15, 0.2) is 0 Å². The molecule has 2 fully saturated rings. The Kier molecular flexibility index (Phi) is 6.49. The summed E-state index contributed by atoms with van der Waals surface area (Å²) >= 11 is 6.10. The number of rotatable bonds is 2. The molecule has 2 aliphatic rings. The molecule has 7 heteroatoms. The first kappa shape index (κ1) is 19.0. The molecular weight excluding hydrogens is 349 g/mol. The van der Waals surface area contributed by atoms with Gasteiger partial charge in [-0.2, -0.15) is 0 Å². The van der Waals surface area contributed by atoms with Gasteiger partial charge in [-0.05, 0) is 24.1 Å². The maximum Gasteiger partial charge on any atom is 0.226 e. The molecule has 2 amide bonds. The molecule has 24 heavy (non-hydrogen) atoms. The fraction of sp³-hybridized carbons (Fsp3) is 0.529. The summed E-state index contributed by atoms with van der Waals surface area (Å²) in [6.45, 7) is 2.82. The third-order valence-electron chi connectivity index (χ3n) is 4.77. The van der Waals surface area contributed by atoms with Gasteiger partial charge in [0.2, 0.25) is 11.8 Å². The molecule has 2 saturated heterocycles. The van der Waals surface area contributed by atoms with E-state index in [1.54, 1.807) is 11.9 Å². The van der Waals surface area contributed by atoms with Crippen LogP contribution < -0.4 is 5.32 Å². The van der Waals surface area contributed by atoms with Crippen LogP contribution in [0.15, 0.2) is 24.3 Å². The fourth-order valence-corrected chi connectivity index (χ4v) is 3.57. The number of carbonyl (C=O) groups is 2. The van der Waals surface area contributed by atoms with Gasteiger partial charge in [0.1, 0.15) is 0 Å². The van der Waals surface area contributed by atoms with Gasteiger partial charge in [0.25, 0.3) is 0 Å². The van der Waals surface area contributed by atoms with Crippen LogP contribution in [0.5, 0.6) is 0 Å². The summed E-state index contributed by atoms with van der Waals surface area (Å²) < 4.78 is 0. The van der Waals surface area contributed by atoms with Crippen LogP contribution in [0.1, 0.15) is 24.4 Å². The SMILES string of the molecule is CN1CCC(C(=O)N2CCNCC2c2cccc(Cl)c2)CC1=O.Cl. The van der Waals surface area contributed by atoms with E-state index in [2.05, 4.69) is 5.32 Å². The van der Waals surface area contributed by atoms with Crippen LogP contribution >= 0.6 is 24.0 Å². The molecule has 0 spiro atoms. The Balaban J connectivity index is 0.00000208. The van der Waals surface area contributed by atoms with Crippen molar-refractivity contribution in [3.8, 4) is 0 Å². The number of piperazine rings is 1. The first-order chi connectivity index (χ1) is 11.1. The summed E-state index contributed by atoms with van der Waals surface area (Å²) in [5, 5.41) is 4.02. The quantitative estimate of drug-likeness (QED) is 0.865. The van der Waals surface area contributed by atoms with Gasteiger partial charge < -0.3 is 15.1 Å². The molecule has 1 aromatic rings. The lowest BCUT2D eigenvalue weighted by Gasteiger charge is -2.40. The summed E-state index contributed by atoms with van der Waals surface area (Å²) in [5.41, 5.74) is 1.04. The Morgan fingerprint density at radius 1 is 1.33 bits per heavy atom. The Bertz CT molecular complexity index is 611. The lowest BCUT2D eigenvalue weighted by molar-refractivity contribution is -0.146. The molecule has 0 saturated carbocycles. The molecule has 1 N–H and O–H groups in total. The standard InChI is InChI=1S/C17H22ClN3O2.ClH/c1-20-7-5-13(10-16(20)22)17(23)21-8-6-19-11-15(21)12-3-2-4-14(18)9-12;/h2-4,9,13,15,19H,5-8,10-11H2,1H3;1H. The minimum atomic E-state index is -0.196. The number of nitrogens with one attached hydrogen (secondary N) is 1. The number of hydrogen-bond donors (Lipinski definition) is 1. The van der Waals surface area contributed by atoms with Gasteiger partial charge >= 0.3 is 0 Å². The summed E-state index contributed by atoms with van der Waals surface area (Å²) in [5.74, 6) is -0.0413. The smallest absolute Gasteiger partial charge is 0.226 e. The number of hydrogen-bond acceptors (Lipinski definition) is 3. The van der Waals surface area contributed by atoms with Gasteiger partial charge in [0.05, 0.1) is 6.04 Å². The van der Waals surface area contributed by atoms with Gasteiger partial charge in [-0.3, -0.25) is 9.59 Å². The van der Waals surface area contributed by atoms with Crippen molar-refractivity contribution in [2.24, 2.45) is 5.92 Å². The van der Waals surface area contributed by atoms with E-state index < -0.39 is 0 Å². The Morgan fingerprint density at radius 3 is 2.83 bits per heavy atom. The van der Waals surface area contributed by atoms with Crippen molar-refractivity contribution < 1.29 is 9.59 Å². The van der Waals surface area contributed by atoms with Gasteiger partial charge in [0, 0.05) is 50.6 Å². The number of amides is 2. The van der Waals surface area contributed by atoms with Crippen molar-refractivity contribution in [2.75, 3.05) is 33.2 Å². The van der Waals surface area contributed by atoms with Crippen molar-refractivity contribution in [3.63, 3.8) is 0 Å². The van der Waals surface area contributed by atoms with E-state index in [4.69, 9.17) is 11.6 Å². The Hall–Kier alpha value is -1.30. The molecule has 2 heterocycles. The second-order valence-corrected chi connectivity index (χ2v) is 6.75. The lowest BCUT2D eigenvalue weighted by Crippen LogP contribution is -2.52. The largest absolute Gasteiger partial charge is 0.346 e. The zero-order valence-electron chi connectivity index (χ0n) is 13.7. The molecule has 0 aromatic heterocycles. The Labute approximate surface area is 153 Å². The number of piperidine rings is 1. The van der Waals surface area contributed by atoms with Crippen molar-refractivity contribution >= 4 is 35.8 Å². The van der Waals surface area contributed by atoms with Gasteiger partial charge in [-0.15, -0.1) is 12.4 Å². The fourth-order valence-electron chi connectivity index (χ4n) is 3.37. The second-order valence-electron chi connectivity index (χ2n) is 6.31.